The fourth-order valence-electron chi connectivity index (χ4n) is 2.21. The summed E-state index contributed by atoms with van der Waals surface area (Å²) < 4.78 is 27.5. The first-order valence-electron chi connectivity index (χ1n) is 7.24. The third-order valence-corrected chi connectivity index (χ3v) is 4.31. The van der Waals surface area contributed by atoms with Gasteiger partial charge in [0.2, 0.25) is 5.88 Å². The van der Waals surface area contributed by atoms with E-state index in [1.54, 1.807) is 18.2 Å². The first kappa shape index (κ1) is 17.9. The maximum absolute atomic E-state index is 12.2. The molecule has 0 aliphatic rings. The Morgan fingerprint density at radius 2 is 2.04 bits per heavy atom. The van der Waals surface area contributed by atoms with Crippen molar-refractivity contribution < 1.29 is 17.9 Å². The molecule has 2 aromatic rings. The minimum absolute atomic E-state index is 0.0681. The zero-order valence-corrected chi connectivity index (χ0v) is 14.6. The van der Waals surface area contributed by atoms with Crippen LogP contribution in [0.25, 0.3) is 11.1 Å². The van der Waals surface area contributed by atoms with Crippen LogP contribution in [0.4, 0.5) is 0 Å². The Morgan fingerprint density at radius 3 is 2.71 bits per heavy atom. The zero-order chi connectivity index (χ0) is 17.7. The van der Waals surface area contributed by atoms with E-state index in [-0.39, 0.29) is 18.2 Å². The summed E-state index contributed by atoms with van der Waals surface area (Å²) in [4.78, 5) is 20.4. The molecule has 0 saturated carbocycles. The molecule has 7 nitrogen and oxygen atoms in total. The lowest BCUT2D eigenvalue weighted by molar-refractivity contribution is 0.0956. The van der Waals surface area contributed by atoms with Gasteiger partial charge in [-0.2, -0.15) is 0 Å². The molecule has 8 heteroatoms. The molecular weight excluding hydrogens is 330 g/mol. The number of ether oxygens (including phenoxy) is 1. The molecule has 2 rings (SSSR count). The van der Waals surface area contributed by atoms with E-state index < -0.39 is 9.84 Å². The average molecular weight is 349 g/mol. The number of rotatable bonds is 6. The molecule has 0 bridgehead atoms. The SMILES string of the molecule is COc1ncnc(C)c1-c1cccc(C(=O)NCCS(C)(=O)=O)c1. The quantitative estimate of drug-likeness (QED) is 0.842. The van der Waals surface area contributed by atoms with E-state index in [0.29, 0.717) is 17.0 Å². The Hall–Kier alpha value is -2.48. The standard InChI is InChI=1S/C16H19N3O4S/c1-11-14(16(23-2)19-10-18-11)12-5-4-6-13(9-12)15(20)17-7-8-24(3,21)22/h4-6,9-10H,7-8H2,1-3H3,(H,17,20). The molecule has 1 aromatic carbocycles. The zero-order valence-electron chi connectivity index (χ0n) is 13.7. The average Bonchev–Trinajstić information content (AvgIpc) is 2.53. The van der Waals surface area contributed by atoms with Crippen LogP contribution in [0.15, 0.2) is 30.6 Å². The Morgan fingerprint density at radius 1 is 1.29 bits per heavy atom. The summed E-state index contributed by atoms with van der Waals surface area (Å²) in [6.45, 7) is 1.90. The molecule has 0 saturated heterocycles. The lowest BCUT2D eigenvalue weighted by Crippen LogP contribution is -2.28. The molecule has 24 heavy (non-hydrogen) atoms. The first-order chi connectivity index (χ1) is 11.3. The molecule has 0 radical (unpaired) electrons. The monoisotopic (exact) mass is 349 g/mol. The van der Waals surface area contributed by atoms with Crippen molar-refractivity contribution in [2.24, 2.45) is 0 Å². The Labute approximate surface area is 141 Å². The van der Waals surface area contributed by atoms with Gasteiger partial charge in [0.1, 0.15) is 16.2 Å². The van der Waals surface area contributed by atoms with Gasteiger partial charge >= 0.3 is 0 Å². The van der Waals surface area contributed by atoms with Crippen LogP contribution in [0, 0.1) is 6.92 Å². The van der Waals surface area contributed by atoms with Crippen LogP contribution in [0.2, 0.25) is 0 Å². The van der Waals surface area contributed by atoms with Gasteiger partial charge in [0.05, 0.1) is 24.1 Å². The third-order valence-electron chi connectivity index (χ3n) is 3.37. The maximum Gasteiger partial charge on any atom is 0.251 e. The van der Waals surface area contributed by atoms with Crippen molar-refractivity contribution in [2.45, 2.75) is 6.92 Å². The number of nitrogens with zero attached hydrogens (tertiary/aromatic N) is 2. The van der Waals surface area contributed by atoms with Gasteiger partial charge in [-0.3, -0.25) is 4.79 Å². The van der Waals surface area contributed by atoms with Gasteiger partial charge in [0, 0.05) is 18.4 Å². The van der Waals surface area contributed by atoms with Crippen molar-refractivity contribution in [3.63, 3.8) is 0 Å². The molecule has 1 N–H and O–H groups in total. The topological polar surface area (TPSA) is 98.2 Å². The predicted molar refractivity (Wildman–Crippen MR) is 90.8 cm³/mol. The highest BCUT2D eigenvalue weighted by molar-refractivity contribution is 7.90. The van der Waals surface area contributed by atoms with E-state index in [2.05, 4.69) is 15.3 Å². The van der Waals surface area contributed by atoms with Crippen LogP contribution in [-0.4, -0.2) is 50.0 Å². The molecule has 1 heterocycles. The summed E-state index contributed by atoms with van der Waals surface area (Å²) in [6, 6.07) is 6.93. The summed E-state index contributed by atoms with van der Waals surface area (Å²) >= 11 is 0. The molecule has 0 unspecified atom stereocenters. The Balaban J connectivity index is 2.25. The molecule has 1 amide bonds. The van der Waals surface area contributed by atoms with E-state index in [4.69, 9.17) is 4.74 Å². The van der Waals surface area contributed by atoms with Crippen molar-refractivity contribution in [3.05, 3.63) is 41.9 Å². The van der Waals surface area contributed by atoms with Crippen molar-refractivity contribution in [3.8, 4) is 17.0 Å². The number of hydrogen-bond donors (Lipinski definition) is 1. The fourth-order valence-corrected chi connectivity index (χ4v) is 2.68. The third kappa shape index (κ3) is 4.51. The number of nitrogens with one attached hydrogen (secondary N) is 1. The first-order valence-corrected chi connectivity index (χ1v) is 9.30. The van der Waals surface area contributed by atoms with Crippen LogP contribution in [0.3, 0.4) is 0 Å². The second-order valence-corrected chi connectivity index (χ2v) is 7.57. The number of aryl methyl sites for hydroxylation is 1. The maximum atomic E-state index is 12.2. The number of carbonyl (C=O) groups excluding carboxylic acids is 1. The largest absolute Gasteiger partial charge is 0.480 e. The lowest BCUT2D eigenvalue weighted by atomic mass is 10.0. The number of sulfone groups is 1. The van der Waals surface area contributed by atoms with Crippen LogP contribution in [0.1, 0.15) is 16.1 Å². The summed E-state index contributed by atoms with van der Waals surface area (Å²) in [5, 5.41) is 2.60. The van der Waals surface area contributed by atoms with Crippen LogP contribution >= 0.6 is 0 Å². The number of aromatic nitrogens is 2. The molecule has 0 aliphatic carbocycles. The predicted octanol–water partition coefficient (Wildman–Crippen LogP) is 1.24. The summed E-state index contributed by atoms with van der Waals surface area (Å²) in [5.74, 6) is -0.0103. The van der Waals surface area contributed by atoms with Crippen LogP contribution in [0.5, 0.6) is 5.88 Å². The highest BCUT2D eigenvalue weighted by Crippen LogP contribution is 2.30. The number of hydrogen-bond acceptors (Lipinski definition) is 6. The molecule has 1 aromatic heterocycles. The second kappa shape index (κ2) is 7.39. The van der Waals surface area contributed by atoms with Crippen LogP contribution in [-0.2, 0) is 9.84 Å². The van der Waals surface area contributed by atoms with Crippen LogP contribution < -0.4 is 10.1 Å². The van der Waals surface area contributed by atoms with Gasteiger partial charge in [0.15, 0.2) is 0 Å². The highest BCUT2D eigenvalue weighted by atomic mass is 32.2. The number of carbonyl (C=O) groups is 1. The van der Waals surface area contributed by atoms with Crippen molar-refractivity contribution in [2.75, 3.05) is 25.7 Å². The normalized spacial score (nSPS) is 11.1. The molecule has 128 valence electrons. The summed E-state index contributed by atoms with van der Waals surface area (Å²) in [6.07, 6.45) is 2.55. The molecule has 0 fully saturated rings. The minimum atomic E-state index is -3.12. The van der Waals surface area contributed by atoms with E-state index in [0.717, 1.165) is 17.5 Å². The van der Waals surface area contributed by atoms with Gasteiger partial charge in [-0.15, -0.1) is 0 Å². The fraction of sp³-hybridized carbons (Fsp3) is 0.312. The van der Waals surface area contributed by atoms with Crippen molar-refractivity contribution in [1.29, 1.82) is 0 Å². The Kier molecular flexibility index (Phi) is 5.50. The minimum Gasteiger partial charge on any atom is -0.480 e. The number of methoxy groups -OCH3 is 1. The van der Waals surface area contributed by atoms with Crippen molar-refractivity contribution >= 4 is 15.7 Å². The lowest BCUT2D eigenvalue weighted by Gasteiger charge is -2.11. The van der Waals surface area contributed by atoms with E-state index in [1.807, 2.05) is 13.0 Å². The van der Waals surface area contributed by atoms with Gasteiger partial charge in [0.25, 0.3) is 5.91 Å². The van der Waals surface area contributed by atoms with E-state index in [1.165, 1.54) is 13.4 Å². The smallest absolute Gasteiger partial charge is 0.251 e. The van der Waals surface area contributed by atoms with Crippen molar-refractivity contribution in [1.82, 2.24) is 15.3 Å². The van der Waals surface area contributed by atoms with Gasteiger partial charge in [-0.1, -0.05) is 12.1 Å². The highest BCUT2D eigenvalue weighted by Gasteiger charge is 2.14. The summed E-state index contributed by atoms with van der Waals surface area (Å²) in [7, 11) is -1.59. The van der Waals surface area contributed by atoms with Gasteiger partial charge in [-0.25, -0.2) is 18.4 Å². The molecule has 0 atom stereocenters. The second-order valence-electron chi connectivity index (χ2n) is 5.31. The van der Waals surface area contributed by atoms with E-state index in [9.17, 15) is 13.2 Å². The van der Waals surface area contributed by atoms with Gasteiger partial charge < -0.3 is 10.1 Å². The van der Waals surface area contributed by atoms with E-state index >= 15 is 0 Å². The summed E-state index contributed by atoms with van der Waals surface area (Å²) in [5.41, 5.74) is 2.62. The number of benzene rings is 1. The molecule has 0 spiro atoms. The molecular formula is C16H19N3O4S. The molecule has 0 aliphatic heterocycles. The Bertz CT molecular complexity index is 850. The van der Waals surface area contributed by atoms with Gasteiger partial charge in [-0.05, 0) is 24.6 Å². The number of amides is 1.